The molecule has 0 spiro atoms. The molecule has 1 heterocycles. The van der Waals surface area contributed by atoms with E-state index in [4.69, 9.17) is 0 Å². The third kappa shape index (κ3) is 1.76. The number of ketones is 1. The fourth-order valence-corrected chi connectivity index (χ4v) is 3.18. The van der Waals surface area contributed by atoms with Gasteiger partial charge in [0, 0.05) is 36.5 Å². The summed E-state index contributed by atoms with van der Waals surface area (Å²) in [4.78, 5) is 12.2. The standard InChI is InChI=1S/C16H19NO/c1-11-7-8-13(16(18)9-11)14-10-17(2)15-6-4-3-5-12(14)15/h3-6,10-11,13H,7-9H2,1-2H3/t11-,13+/m1/s1. The first-order valence-corrected chi connectivity index (χ1v) is 6.73. The van der Waals surface area contributed by atoms with Crippen molar-refractivity contribution in [2.75, 3.05) is 0 Å². The molecule has 2 heteroatoms. The van der Waals surface area contributed by atoms with Crippen LogP contribution in [-0.2, 0) is 11.8 Å². The topological polar surface area (TPSA) is 22.0 Å². The molecule has 1 aliphatic rings. The fourth-order valence-electron chi connectivity index (χ4n) is 3.18. The lowest BCUT2D eigenvalue weighted by Crippen LogP contribution is -2.21. The molecule has 0 aliphatic heterocycles. The van der Waals surface area contributed by atoms with Gasteiger partial charge in [0.1, 0.15) is 5.78 Å². The Hall–Kier alpha value is -1.57. The van der Waals surface area contributed by atoms with Crippen LogP contribution in [0.15, 0.2) is 30.5 Å². The molecule has 18 heavy (non-hydrogen) atoms. The van der Waals surface area contributed by atoms with Crippen LogP contribution in [0.4, 0.5) is 0 Å². The van der Waals surface area contributed by atoms with Crippen LogP contribution in [0.3, 0.4) is 0 Å². The molecular weight excluding hydrogens is 222 g/mol. The molecule has 2 atom stereocenters. The Morgan fingerprint density at radius 1 is 1.22 bits per heavy atom. The van der Waals surface area contributed by atoms with Crippen molar-refractivity contribution in [1.82, 2.24) is 4.57 Å². The zero-order valence-corrected chi connectivity index (χ0v) is 11.0. The van der Waals surface area contributed by atoms with Crippen LogP contribution in [-0.4, -0.2) is 10.4 Å². The number of hydrogen-bond donors (Lipinski definition) is 0. The molecule has 94 valence electrons. The number of nitrogens with zero attached hydrogens (tertiary/aromatic N) is 1. The molecule has 2 aromatic rings. The number of Topliss-reactive ketones (excluding diaryl/α,β-unsaturated/α-hetero) is 1. The lowest BCUT2D eigenvalue weighted by atomic mass is 9.78. The van der Waals surface area contributed by atoms with E-state index in [1.807, 2.05) is 0 Å². The highest BCUT2D eigenvalue weighted by Gasteiger charge is 2.29. The minimum absolute atomic E-state index is 0.118. The lowest BCUT2D eigenvalue weighted by Gasteiger charge is -2.24. The summed E-state index contributed by atoms with van der Waals surface area (Å²) in [5, 5.41) is 1.24. The predicted molar refractivity (Wildman–Crippen MR) is 73.7 cm³/mol. The van der Waals surface area contributed by atoms with Crippen LogP contribution < -0.4 is 0 Å². The lowest BCUT2D eigenvalue weighted by molar-refractivity contribution is -0.122. The summed E-state index contributed by atoms with van der Waals surface area (Å²) in [5.41, 5.74) is 2.45. The number of rotatable bonds is 1. The Morgan fingerprint density at radius 2 is 2.00 bits per heavy atom. The van der Waals surface area contributed by atoms with Gasteiger partial charge in [0.2, 0.25) is 0 Å². The molecule has 3 rings (SSSR count). The fraction of sp³-hybridized carbons (Fsp3) is 0.438. The van der Waals surface area contributed by atoms with Crippen LogP contribution in [0.25, 0.3) is 10.9 Å². The van der Waals surface area contributed by atoms with Gasteiger partial charge in [-0.1, -0.05) is 25.1 Å². The number of carbonyl (C=O) groups is 1. The Labute approximate surface area is 108 Å². The predicted octanol–water partition coefficient (Wildman–Crippen LogP) is 3.65. The van der Waals surface area contributed by atoms with E-state index in [0.717, 1.165) is 12.8 Å². The van der Waals surface area contributed by atoms with Crippen molar-refractivity contribution in [2.24, 2.45) is 13.0 Å². The first-order valence-electron chi connectivity index (χ1n) is 6.73. The van der Waals surface area contributed by atoms with Crippen LogP contribution in [0.5, 0.6) is 0 Å². The molecule has 1 aromatic heterocycles. The summed E-state index contributed by atoms with van der Waals surface area (Å²) < 4.78 is 2.13. The van der Waals surface area contributed by atoms with E-state index in [2.05, 4.69) is 49.0 Å². The third-order valence-electron chi connectivity index (χ3n) is 4.19. The molecular formula is C16H19NO. The van der Waals surface area contributed by atoms with Crippen LogP contribution in [0, 0.1) is 5.92 Å². The summed E-state index contributed by atoms with van der Waals surface area (Å²) in [6.07, 6.45) is 5.06. The van der Waals surface area contributed by atoms with Gasteiger partial charge in [-0.2, -0.15) is 0 Å². The van der Waals surface area contributed by atoms with Crippen molar-refractivity contribution in [3.8, 4) is 0 Å². The molecule has 0 N–H and O–H groups in total. The molecule has 1 aromatic carbocycles. The summed E-state index contributed by atoms with van der Waals surface area (Å²) in [7, 11) is 2.06. The molecule has 0 amide bonds. The minimum atomic E-state index is 0.118. The van der Waals surface area contributed by atoms with Crippen molar-refractivity contribution in [2.45, 2.75) is 32.1 Å². The molecule has 1 aliphatic carbocycles. The monoisotopic (exact) mass is 241 g/mol. The van der Waals surface area contributed by atoms with Crippen LogP contribution in [0.1, 0.15) is 37.7 Å². The van der Waals surface area contributed by atoms with Crippen molar-refractivity contribution < 1.29 is 4.79 Å². The highest BCUT2D eigenvalue weighted by Crippen LogP contribution is 2.36. The maximum absolute atomic E-state index is 12.2. The second kappa shape index (κ2) is 4.27. The highest BCUT2D eigenvalue weighted by molar-refractivity contribution is 5.93. The average molecular weight is 241 g/mol. The quantitative estimate of drug-likeness (QED) is 0.747. The van der Waals surface area contributed by atoms with E-state index in [0.29, 0.717) is 11.7 Å². The normalized spacial score (nSPS) is 24.7. The molecule has 0 bridgehead atoms. The number of aromatic nitrogens is 1. The van der Waals surface area contributed by atoms with E-state index >= 15 is 0 Å². The maximum atomic E-state index is 12.2. The van der Waals surface area contributed by atoms with E-state index in [1.165, 1.54) is 22.9 Å². The van der Waals surface area contributed by atoms with Crippen LogP contribution >= 0.6 is 0 Å². The van der Waals surface area contributed by atoms with Gasteiger partial charge >= 0.3 is 0 Å². The number of fused-ring (bicyclic) bond motifs is 1. The molecule has 0 saturated heterocycles. The Bertz CT molecular complexity index is 596. The number of para-hydroxylation sites is 1. The van der Waals surface area contributed by atoms with Gasteiger partial charge in [0.15, 0.2) is 0 Å². The first kappa shape index (κ1) is 11.5. The van der Waals surface area contributed by atoms with Gasteiger partial charge in [0.25, 0.3) is 0 Å². The van der Waals surface area contributed by atoms with Gasteiger partial charge in [-0.25, -0.2) is 0 Å². The number of aryl methyl sites for hydroxylation is 1. The highest BCUT2D eigenvalue weighted by atomic mass is 16.1. The van der Waals surface area contributed by atoms with E-state index in [1.54, 1.807) is 0 Å². The van der Waals surface area contributed by atoms with Crippen molar-refractivity contribution in [3.63, 3.8) is 0 Å². The van der Waals surface area contributed by atoms with Gasteiger partial charge in [-0.3, -0.25) is 4.79 Å². The van der Waals surface area contributed by atoms with Crippen LogP contribution in [0.2, 0.25) is 0 Å². The Kier molecular flexibility index (Phi) is 2.73. The number of carbonyl (C=O) groups excluding carboxylic acids is 1. The van der Waals surface area contributed by atoms with Gasteiger partial charge in [-0.05, 0) is 30.4 Å². The van der Waals surface area contributed by atoms with Gasteiger partial charge in [0.05, 0.1) is 0 Å². The zero-order chi connectivity index (χ0) is 12.7. The van der Waals surface area contributed by atoms with Gasteiger partial charge < -0.3 is 4.57 Å². The zero-order valence-electron chi connectivity index (χ0n) is 11.0. The largest absolute Gasteiger partial charge is 0.350 e. The SMILES string of the molecule is C[C@@H]1CC[C@@H](c2cn(C)c3ccccc23)C(=O)C1. The molecule has 2 nitrogen and oxygen atoms in total. The second-order valence-electron chi connectivity index (χ2n) is 5.62. The van der Waals surface area contributed by atoms with Gasteiger partial charge in [-0.15, -0.1) is 0 Å². The van der Waals surface area contributed by atoms with Crippen molar-refractivity contribution >= 4 is 16.7 Å². The third-order valence-corrected chi connectivity index (χ3v) is 4.19. The maximum Gasteiger partial charge on any atom is 0.140 e. The summed E-state index contributed by atoms with van der Waals surface area (Å²) in [6.45, 7) is 2.18. The Morgan fingerprint density at radius 3 is 2.78 bits per heavy atom. The summed E-state index contributed by atoms with van der Waals surface area (Å²) in [5.74, 6) is 1.10. The molecule has 0 radical (unpaired) electrons. The van der Waals surface area contributed by atoms with E-state index in [-0.39, 0.29) is 5.92 Å². The molecule has 1 fully saturated rings. The minimum Gasteiger partial charge on any atom is -0.350 e. The van der Waals surface area contributed by atoms with E-state index < -0.39 is 0 Å². The van der Waals surface area contributed by atoms with E-state index in [9.17, 15) is 4.79 Å². The average Bonchev–Trinajstić information content (AvgIpc) is 2.68. The molecule has 0 unspecified atom stereocenters. The summed E-state index contributed by atoms with van der Waals surface area (Å²) >= 11 is 0. The van der Waals surface area contributed by atoms with Crippen molar-refractivity contribution in [3.05, 3.63) is 36.0 Å². The summed E-state index contributed by atoms with van der Waals surface area (Å²) in [6, 6.07) is 8.36. The smallest absolute Gasteiger partial charge is 0.140 e. The Balaban J connectivity index is 2.07. The van der Waals surface area contributed by atoms with Crippen molar-refractivity contribution in [1.29, 1.82) is 0 Å². The second-order valence-corrected chi connectivity index (χ2v) is 5.62. The number of benzene rings is 1. The first-order chi connectivity index (χ1) is 8.66. The number of hydrogen-bond acceptors (Lipinski definition) is 1. The molecule has 1 saturated carbocycles.